The maximum atomic E-state index is 13.6. The van der Waals surface area contributed by atoms with E-state index in [1.54, 1.807) is 18.2 Å². The molecule has 9 nitrogen and oxygen atoms in total. The van der Waals surface area contributed by atoms with Crippen LogP contribution in [-0.2, 0) is 24.3 Å². The third-order valence-corrected chi connectivity index (χ3v) is 7.58. The van der Waals surface area contributed by atoms with Crippen LogP contribution in [0, 0.1) is 25.6 Å². The molecule has 2 N–H and O–H groups in total. The molecule has 0 unspecified atom stereocenters. The van der Waals surface area contributed by atoms with Gasteiger partial charge in [-0.25, -0.2) is 12.8 Å². The van der Waals surface area contributed by atoms with Crippen LogP contribution < -0.4 is 10.9 Å². The Hall–Kier alpha value is -3.31. The van der Waals surface area contributed by atoms with E-state index in [0.717, 1.165) is 17.2 Å². The standard InChI is InChI=1S/C23H26FN3O6S/c1-15-7-8-18(13-16(15)2)34(31,32)27-11-9-17(10-12-27)23(30)33-14-21(28)25-26-22(29)19-5-3-4-6-20(19)24/h3-8,13,17H,9-12,14H2,1-2H3,(H,25,28)(H,26,29). The highest BCUT2D eigenvalue weighted by atomic mass is 32.2. The number of halogens is 1. The van der Waals surface area contributed by atoms with Gasteiger partial charge in [0.05, 0.1) is 16.4 Å². The highest BCUT2D eigenvalue weighted by molar-refractivity contribution is 7.89. The van der Waals surface area contributed by atoms with Gasteiger partial charge in [-0.05, 0) is 62.1 Å². The van der Waals surface area contributed by atoms with Crippen LogP contribution in [0.5, 0.6) is 0 Å². The molecule has 1 heterocycles. The Kier molecular flexibility index (Phi) is 8.00. The number of hydrogen-bond acceptors (Lipinski definition) is 6. The van der Waals surface area contributed by atoms with Gasteiger partial charge in [-0.1, -0.05) is 18.2 Å². The molecule has 0 saturated carbocycles. The van der Waals surface area contributed by atoms with E-state index in [-0.39, 0.29) is 36.4 Å². The molecule has 182 valence electrons. The minimum atomic E-state index is -3.67. The van der Waals surface area contributed by atoms with E-state index in [9.17, 15) is 27.2 Å². The molecule has 0 aromatic heterocycles. The monoisotopic (exact) mass is 491 g/mol. The number of nitrogens with one attached hydrogen (secondary N) is 2. The van der Waals surface area contributed by atoms with Crippen molar-refractivity contribution in [1.29, 1.82) is 0 Å². The van der Waals surface area contributed by atoms with Gasteiger partial charge in [0, 0.05) is 13.1 Å². The molecule has 11 heteroatoms. The van der Waals surface area contributed by atoms with Crippen LogP contribution in [0.15, 0.2) is 47.4 Å². The van der Waals surface area contributed by atoms with Gasteiger partial charge in [0.25, 0.3) is 11.8 Å². The van der Waals surface area contributed by atoms with Crippen molar-refractivity contribution in [2.24, 2.45) is 5.92 Å². The van der Waals surface area contributed by atoms with Crippen LogP contribution in [0.25, 0.3) is 0 Å². The number of hydrogen-bond donors (Lipinski definition) is 2. The fourth-order valence-corrected chi connectivity index (χ4v) is 5.04. The Bertz CT molecular complexity index is 1190. The molecule has 1 saturated heterocycles. The summed E-state index contributed by atoms with van der Waals surface area (Å²) in [6.45, 7) is 3.41. The van der Waals surface area contributed by atoms with E-state index < -0.39 is 46.1 Å². The maximum Gasteiger partial charge on any atom is 0.309 e. The fraction of sp³-hybridized carbons (Fsp3) is 0.348. The molecule has 1 fully saturated rings. The van der Waals surface area contributed by atoms with Crippen LogP contribution in [-0.4, -0.2) is 50.2 Å². The minimum Gasteiger partial charge on any atom is -0.455 e. The van der Waals surface area contributed by atoms with Gasteiger partial charge >= 0.3 is 5.97 Å². The Morgan fingerprint density at radius 1 is 1.03 bits per heavy atom. The highest BCUT2D eigenvalue weighted by Gasteiger charge is 2.33. The molecule has 2 amide bonds. The highest BCUT2D eigenvalue weighted by Crippen LogP contribution is 2.25. The number of ether oxygens (including phenoxy) is 1. The number of aryl methyl sites for hydroxylation is 2. The molecular weight excluding hydrogens is 465 g/mol. The molecule has 0 aliphatic carbocycles. The Balaban J connectivity index is 1.44. The predicted molar refractivity (Wildman–Crippen MR) is 120 cm³/mol. The second-order valence-electron chi connectivity index (χ2n) is 8.01. The SMILES string of the molecule is Cc1ccc(S(=O)(=O)N2CCC(C(=O)OCC(=O)NNC(=O)c3ccccc3F)CC2)cc1C. The maximum absolute atomic E-state index is 13.6. The Morgan fingerprint density at radius 2 is 1.71 bits per heavy atom. The quantitative estimate of drug-likeness (QED) is 0.470. The van der Waals surface area contributed by atoms with Gasteiger partial charge in [0.1, 0.15) is 5.82 Å². The van der Waals surface area contributed by atoms with Crippen molar-refractivity contribution in [3.05, 3.63) is 65.0 Å². The summed E-state index contributed by atoms with van der Waals surface area (Å²) < 4.78 is 45.7. The van der Waals surface area contributed by atoms with Gasteiger partial charge in [-0.15, -0.1) is 0 Å². The summed E-state index contributed by atoms with van der Waals surface area (Å²) in [7, 11) is -3.67. The largest absolute Gasteiger partial charge is 0.455 e. The number of amides is 2. The van der Waals surface area contributed by atoms with E-state index in [1.807, 2.05) is 19.3 Å². The number of piperidine rings is 1. The summed E-state index contributed by atoms with van der Waals surface area (Å²) in [6, 6.07) is 10.2. The number of hydrazine groups is 1. The molecule has 2 aromatic rings. The van der Waals surface area contributed by atoms with Crippen LogP contribution >= 0.6 is 0 Å². The Morgan fingerprint density at radius 3 is 2.35 bits per heavy atom. The zero-order valence-electron chi connectivity index (χ0n) is 18.8. The number of sulfonamides is 1. The van der Waals surface area contributed by atoms with E-state index >= 15 is 0 Å². The molecular formula is C23H26FN3O6S. The lowest BCUT2D eigenvalue weighted by molar-refractivity contribution is -0.153. The number of esters is 1. The molecule has 3 rings (SSSR count). The molecule has 1 aliphatic rings. The van der Waals surface area contributed by atoms with Crippen molar-refractivity contribution in [2.75, 3.05) is 19.7 Å². The average molecular weight is 492 g/mol. The van der Waals surface area contributed by atoms with Crippen molar-refractivity contribution in [1.82, 2.24) is 15.2 Å². The smallest absolute Gasteiger partial charge is 0.309 e. The van der Waals surface area contributed by atoms with E-state index in [0.29, 0.717) is 0 Å². The van der Waals surface area contributed by atoms with E-state index in [2.05, 4.69) is 5.43 Å². The first-order valence-corrected chi connectivity index (χ1v) is 12.1. The lowest BCUT2D eigenvalue weighted by Crippen LogP contribution is -2.44. The summed E-state index contributed by atoms with van der Waals surface area (Å²) in [5.41, 5.74) is 5.72. The second kappa shape index (κ2) is 10.7. The average Bonchev–Trinajstić information content (AvgIpc) is 2.83. The lowest BCUT2D eigenvalue weighted by Gasteiger charge is -2.30. The number of nitrogens with zero attached hydrogens (tertiary/aromatic N) is 1. The van der Waals surface area contributed by atoms with E-state index in [4.69, 9.17) is 4.74 Å². The van der Waals surface area contributed by atoms with Gasteiger partial charge in [-0.3, -0.25) is 25.2 Å². The molecule has 0 atom stereocenters. The van der Waals surface area contributed by atoms with Crippen molar-refractivity contribution in [3.63, 3.8) is 0 Å². The molecule has 0 radical (unpaired) electrons. The summed E-state index contributed by atoms with van der Waals surface area (Å²) in [6.07, 6.45) is 0.517. The number of carbonyl (C=O) groups excluding carboxylic acids is 3. The van der Waals surface area contributed by atoms with Crippen LogP contribution in [0.4, 0.5) is 4.39 Å². The van der Waals surface area contributed by atoms with Crippen LogP contribution in [0.2, 0.25) is 0 Å². The van der Waals surface area contributed by atoms with Crippen LogP contribution in [0.3, 0.4) is 0 Å². The zero-order valence-corrected chi connectivity index (χ0v) is 19.7. The topological polar surface area (TPSA) is 122 Å². The second-order valence-corrected chi connectivity index (χ2v) is 9.95. The molecule has 2 aromatic carbocycles. The van der Waals surface area contributed by atoms with Crippen molar-refractivity contribution < 1.29 is 31.9 Å². The van der Waals surface area contributed by atoms with Crippen molar-refractivity contribution in [2.45, 2.75) is 31.6 Å². The molecule has 1 aliphatic heterocycles. The first-order chi connectivity index (χ1) is 16.1. The summed E-state index contributed by atoms with van der Waals surface area (Å²) in [5, 5.41) is 0. The molecule has 0 spiro atoms. The van der Waals surface area contributed by atoms with Crippen molar-refractivity contribution >= 4 is 27.8 Å². The summed E-state index contributed by atoms with van der Waals surface area (Å²) in [5.74, 6) is -3.57. The van der Waals surface area contributed by atoms with Gasteiger partial charge in [-0.2, -0.15) is 4.31 Å². The normalized spacial score (nSPS) is 14.9. The van der Waals surface area contributed by atoms with Gasteiger partial charge in [0.2, 0.25) is 10.0 Å². The summed E-state index contributed by atoms with van der Waals surface area (Å²) in [4.78, 5) is 36.3. The van der Waals surface area contributed by atoms with Crippen molar-refractivity contribution in [3.8, 4) is 0 Å². The fourth-order valence-electron chi connectivity index (χ4n) is 3.49. The van der Waals surface area contributed by atoms with Gasteiger partial charge in [0.15, 0.2) is 6.61 Å². The van der Waals surface area contributed by atoms with E-state index in [1.165, 1.54) is 22.5 Å². The first kappa shape index (κ1) is 25.3. The lowest BCUT2D eigenvalue weighted by atomic mass is 9.98. The summed E-state index contributed by atoms with van der Waals surface area (Å²) >= 11 is 0. The predicted octanol–water partition coefficient (Wildman–Crippen LogP) is 1.85. The third-order valence-electron chi connectivity index (χ3n) is 5.68. The first-order valence-electron chi connectivity index (χ1n) is 10.7. The molecule has 34 heavy (non-hydrogen) atoms. The molecule has 0 bridgehead atoms. The van der Waals surface area contributed by atoms with Gasteiger partial charge < -0.3 is 4.74 Å². The number of benzene rings is 2. The minimum absolute atomic E-state index is 0.153. The van der Waals surface area contributed by atoms with Crippen LogP contribution in [0.1, 0.15) is 34.3 Å². The number of rotatable bonds is 6. The Labute approximate surface area is 197 Å². The zero-order chi connectivity index (χ0) is 24.9. The third kappa shape index (κ3) is 5.97. The number of carbonyl (C=O) groups is 3.